The van der Waals surface area contributed by atoms with Gasteiger partial charge in [-0.3, -0.25) is 4.79 Å². The fourth-order valence-electron chi connectivity index (χ4n) is 2.26. The molecule has 0 aliphatic rings. The molecule has 1 atom stereocenters. The second-order valence-corrected chi connectivity index (χ2v) is 7.00. The fraction of sp³-hybridized carbons (Fsp3) is 0.188. The van der Waals surface area contributed by atoms with E-state index in [0.717, 1.165) is 0 Å². The van der Waals surface area contributed by atoms with Crippen LogP contribution in [0.1, 0.15) is 21.9 Å². The van der Waals surface area contributed by atoms with Crippen molar-refractivity contribution in [2.75, 3.05) is 0 Å². The van der Waals surface area contributed by atoms with Gasteiger partial charge in [0.05, 0.1) is 12.4 Å². The van der Waals surface area contributed by atoms with Gasteiger partial charge in [-0.25, -0.2) is 8.42 Å². The third-order valence-electron chi connectivity index (χ3n) is 3.23. The Morgan fingerprint density at radius 3 is 2.23 bits per heavy atom. The van der Waals surface area contributed by atoms with E-state index in [2.05, 4.69) is 0 Å². The summed E-state index contributed by atoms with van der Waals surface area (Å²) in [5, 5.41) is 16.8. The summed E-state index contributed by atoms with van der Waals surface area (Å²) in [6.07, 6.45) is 0. The first-order valence-electron chi connectivity index (χ1n) is 6.62. The second-order valence-electron chi connectivity index (χ2n) is 4.91. The van der Waals surface area contributed by atoms with Gasteiger partial charge in [0.25, 0.3) is 0 Å². The number of carboxylic acid groups (broad SMARTS) is 1. The van der Waals surface area contributed by atoms with Gasteiger partial charge in [-0.1, -0.05) is 54.6 Å². The maximum absolute atomic E-state index is 12.5. The summed E-state index contributed by atoms with van der Waals surface area (Å²) in [5.74, 6) is -1.79. The second kappa shape index (κ2) is 6.72. The standard InChI is InChI=1S/C16H16O5S/c17-10-12-5-4-6-13(9-12)11-22(20,21)15(16(18)19)14-7-2-1-3-8-14/h1-9,15,17H,10-11H2,(H,18,19). The van der Waals surface area contributed by atoms with Gasteiger partial charge in [0, 0.05) is 0 Å². The zero-order valence-electron chi connectivity index (χ0n) is 11.7. The Morgan fingerprint density at radius 1 is 1.00 bits per heavy atom. The van der Waals surface area contributed by atoms with Crippen LogP contribution in [0.4, 0.5) is 0 Å². The van der Waals surface area contributed by atoms with Gasteiger partial charge in [-0.05, 0) is 16.7 Å². The van der Waals surface area contributed by atoms with Crippen LogP contribution < -0.4 is 0 Å². The molecule has 0 heterocycles. The lowest BCUT2D eigenvalue weighted by atomic mass is 10.1. The molecule has 2 aromatic rings. The molecule has 2 aromatic carbocycles. The van der Waals surface area contributed by atoms with Crippen molar-refractivity contribution in [3.05, 3.63) is 71.3 Å². The molecule has 0 radical (unpaired) electrons. The minimum atomic E-state index is -3.93. The third kappa shape index (κ3) is 3.72. The van der Waals surface area contributed by atoms with E-state index in [0.29, 0.717) is 11.1 Å². The van der Waals surface area contributed by atoms with Crippen molar-refractivity contribution in [2.45, 2.75) is 17.6 Å². The van der Waals surface area contributed by atoms with Crippen molar-refractivity contribution in [3.63, 3.8) is 0 Å². The topological polar surface area (TPSA) is 91.7 Å². The summed E-state index contributed by atoms with van der Waals surface area (Å²) >= 11 is 0. The first-order valence-corrected chi connectivity index (χ1v) is 8.33. The largest absolute Gasteiger partial charge is 0.480 e. The zero-order valence-corrected chi connectivity index (χ0v) is 12.5. The van der Waals surface area contributed by atoms with Gasteiger partial charge in [0.2, 0.25) is 0 Å². The Morgan fingerprint density at radius 2 is 1.64 bits per heavy atom. The van der Waals surface area contributed by atoms with Gasteiger partial charge in [0.1, 0.15) is 0 Å². The number of aliphatic carboxylic acids is 1. The van der Waals surface area contributed by atoms with E-state index in [1.807, 2.05) is 0 Å². The molecule has 0 saturated carbocycles. The molecule has 116 valence electrons. The lowest BCUT2D eigenvalue weighted by Gasteiger charge is -2.14. The summed E-state index contributed by atoms with van der Waals surface area (Å²) in [6, 6.07) is 14.3. The van der Waals surface area contributed by atoms with Gasteiger partial charge in [-0.15, -0.1) is 0 Å². The average molecular weight is 320 g/mol. The molecule has 22 heavy (non-hydrogen) atoms. The highest BCUT2D eigenvalue weighted by atomic mass is 32.2. The molecule has 0 amide bonds. The molecule has 5 nitrogen and oxygen atoms in total. The van der Waals surface area contributed by atoms with E-state index in [-0.39, 0.29) is 12.2 Å². The monoisotopic (exact) mass is 320 g/mol. The molecular weight excluding hydrogens is 304 g/mol. The molecule has 2 rings (SSSR count). The first-order chi connectivity index (χ1) is 10.4. The first kappa shape index (κ1) is 16.2. The Hall–Kier alpha value is -2.18. The summed E-state index contributed by atoms with van der Waals surface area (Å²) in [7, 11) is -3.93. The van der Waals surface area contributed by atoms with Gasteiger partial charge in [0.15, 0.2) is 15.1 Å². The predicted octanol–water partition coefficient (Wildman–Crippen LogP) is 1.92. The van der Waals surface area contributed by atoms with E-state index in [1.54, 1.807) is 42.5 Å². The molecule has 2 N–H and O–H groups in total. The Kier molecular flexibility index (Phi) is 4.95. The molecule has 0 fully saturated rings. The number of benzene rings is 2. The third-order valence-corrected chi connectivity index (χ3v) is 5.16. The number of rotatable bonds is 6. The Balaban J connectivity index is 2.36. The van der Waals surface area contributed by atoms with Crippen LogP contribution in [0.25, 0.3) is 0 Å². The lowest BCUT2D eigenvalue weighted by Crippen LogP contribution is -2.23. The molecule has 0 aliphatic heterocycles. The molecule has 6 heteroatoms. The van der Waals surface area contributed by atoms with Crippen LogP contribution in [0.15, 0.2) is 54.6 Å². The van der Waals surface area contributed by atoms with Crippen molar-refractivity contribution in [2.24, 2.45) is 0 Å². The molecule has 0 aliphatic carbocycles. The number of carboxylic acids is 1. The van der Waals surface area contributed by atoms with Crippen molar-refractivity contribution < 1.29 is 23.4 Å². The van der Waals surface area contributed by atoms with E-state index >= 15 is 0 Å². The molecular formula is C16H16O5S. The number of aliphatic hydroxyl groups excluding tert-OH is 1. The minimum Gasteiger partial charge on any atom is -0.480 e. The van der Waals surface area contributed by atoms with Crippen LogP contribution in [-0.4, -0.2) is 24.6 Å². The predicted molar refractivity (Wildman–Crippen MR) is 81.8 cm³/mol. The fourth-order valence-corrected chi connectivity index (χ4v) is 3.95. The van der Waals surface area contributed by atoms with Gasteiger partial charge < -0.3 is 10.2 Å². The lowest BCUT2D eigenvalue weighted by molar-refractivity contribution is -0.136. The smallest absolute Gasteiger partial charge is 0.326 e. The number of sulfone groups is 1. The number of hydrogen-bond acceptors (Lipinski definition) is 4. The zero-order chi connectivity index (χ0) is 16.2. The summed E-state index contributed by atoms with van der Waals surface area (Å²) in [4.78, 5) is 11.4. The highest BCUT2D eigenvalue weighted by molar-refractivity contribution is 7.91. The molecule has 0 bridgehead atoms. The van der Waals surface area contributed by atoms with Crippen molar-refractivity contribution in [1.82, 2.24) is 0 Å². The highest BCUT2D eigenvalue weighted by Gasteiger charge is 2.34. The van der Waals surface area contributed by atoms with E-state index in [1.165, 1.54) is 12.1 Å². The average Bonchev–Trinajstić information content (AvgIpc) is 2.47. The van der Waals surface area contributed by atoms with Crippen molar-refractivity contribution in [1.29, 1.82) is 0 Å². The Labute approximate surface area is 128 Å². The minimum absolute atomic E-state index is 0.199. The van der Waals surface area contributed by atoms with E-state index in [4.69, 9.17) is 5.11 Å². The Bertz CT molecular complexity index is 753. The van der Waals surface area contributed by atoms with E-state index < -0.39 is 26.8 Å². The van der Waals surface area contributed by atoms with Gasteiger partial charge >= 0.3 is 5.97 Å². The van der Waals surface area contributed by atoms with Crippen molar-refractivity contribution in [3.8, 4) is 0 Å². The van der Waals surface area contributed by atoms with Crippen LogP contribution >= 0.6 is 0 Å². The van der Waals surface area contributed by atoms with Crippen LogP contribution in [-0.2, 0) is 27.0 Å². The maximum Gasteiger partial charge on any atom is 0.326 e. The maximum atomic E-state index is 12.5. The van der Waals surface area contributed by atoms with Crippen molar-refractivity contribution >= 4 is 15.8 Å². The molecule has 1 unspecified atom stereocenters. The number of carbonyl (C=O) groups is 1. The van der Waals surface area contributed by atoms with Crippen LogP contribution in [0.3, 0.4) is 0 Å². The molecule has 0 aromatic heterocycles. The van der Waals surface area contributed by atoms with Crippen LogP contribution in [0.5, 0.6) is 0 Å². The summed E-state index contributed by atoms with van der Waals surface area (Å²) in [6.45, 7) is -0.199. The highest BCUT2D eigenvalue weighted by Crippen LogP contribution is 2.26. The molecule has 0 spiro atoms. The van der Waals surface area contributed by atoms with E-state index in [9.17, 15) is 18.3 Å². The SMILES string of the molecule is O=C(O)C(c1ccccc1)S(=O)(=O)Cc1cccc(CO)c1. The normalized spacial score (nSPS) is 12.8. The van der Waals surface area contributed by atoms with Gasteiger partial charge in [-0.2, -0.15) is 0 Å². The molecule has 0 saturated heterocycles. The quantitative estimate of drug-likeness (QED) is 0.848. The summed E-state index contributed by atoms with van der Waals surface area (Å²) < 4.78 is 25.0. The van der Waals surface area contributed by atoms with Crippen LogP contribution in [0, 0.1) is 0 Å². The summed E-state index contributed by atoms with van der Waals surface area (Å²) in [5.41, 5.74) is 1.27. The number of hydrogen-bond donors (Lipinski definition) is 2. The number of aliphatic hydroxyl groups is 1. The van der Waals surface area contributed by atoms with Crippen LogP contribution in [0.2, 0.25) is 0 Å².